The molecule has 0 unspecified atom stereocenters. The second-order valence-corrected chi connectivity index (χ2v) is 12.9. The van der Waals surface area contributed by atoms with Crippen molar-refractivity contribution in [2.45, 2.75) is 70.4 Å². The normalized spacial score (nSPS) is 24.0. The molecular formula is C27H33ClN2O4S. The molecule has 2 aromatic carbocycles. The van der Waals surface area contributed by atoms with E-state index in [2.05, 4.69) is 31.6 Å². The predicted molar refractivity (Wildman–Crippen MR) is 138 cm³/mol. The molecule has 8 heteroatoms. The Morgan fingerprint density at radius 2 is 1.80 bits per heavy atom. The molecule has 3 fully saturated rings. The van der Waals surface area contributed by atoms with Crippen molar-refractivity contribution in [3.63, 3.8) is 0 Å². The molecule has 1 atom stereocenters. The Morgan fingerprint density at radius 1 is 1.17 bits per heavy atom. The number of rotatable bonds is 10. The van der Waals surface area contributed by atoms with Crippen LogP contribution in [0.25, 0.3) is 0 Å². The average Bonchev–Trinajstić information content (AvgIpc) is 2.73. The predicted octanol–water partition coefficient (Wildman–Crippen LogP) is 5.57. The van der Waals surface area contributed by atoms with Crippen LogP contribution < -0.4 is 14.2 Å². The first kappa shape index (κ1) is 25.8. The summed E-state index contributed by atoms with van der Waals surface area (Å²) in [7, 11) is -3.20. The summed E-state index contributed by atoms with van der Waals surface area (Å²) in [5.74, 6) is 1.22. The highest BCUT2D eigenvalue weighted by Gasteiger charge is 2.71. The number of ether oxygens (including phenoxy) is 2. The maximum absolute atomic E-state index is 11.6. The van der Waals surface area contributed by atoms with Crippen molar-refractivity contribution in [2.24, 2.45) is 5.41 Å². The molecule has 3 saturated carbocycles. The van der Waals surface area contributed by atoms with Crippen LogP contribution in [0.2, 0.25) is 5.02 Å². The van der Waals surface area contributed by atoms with Crippen molar-refractivity contribution in [2.75, 3.05) is 12.9 Å². The first-order valence-electron chi connectivity index (χ1n) is 12.0. The monoisotopic (exact) mass is 516 g/mol. The molecule has 2 bridgehead atoms. The van der Waals surface area contributed by atoms with Crippen LogP contribution in [0.3, 0.4) is 0 Å². The van der Waals surface area contributed by atoms with E-state index in [1.165, 1.54) is 6.26 Å². The molecule has 5 rings (SSSR count). The summed E-state index contributed by atoms with van der Waals surface area (Å²) < 4.78 is 37.9. The van der Waals surface area contributed by atoms with Gasteiger partial charge in [-0.2, -0.15) is 5.26 Å². The van der Waals surface area contributed by atoms with E-state index >= 15 is 0 Å². The summed E-state index contributed by atoms with van der Waals surface area (Å²) in [6, 6.07) is 14.0. The van der Waals surface area contributed by atoms with E-state index in [-0.39, 0.29) is 22.5 Å². The van der Waals surface area contributed by atoms with E-state index in [0.717, 1.165) is 42.6 Å². The van der Waals surface area contributed by atoms with E-state index in [1.807, 2.05) is 43.3 Å². The van der Waals surface area contributed by atoms with E-state index in [0.29, 0.717) is 22.9 Å². The first-order valence-corrected chi connectivity index (χ1v) is 14.2. The average molecular weight is 517 g/mol. The summed E-state index contributed by atoms with van der Waals surface area (Å²) in [4.78, 5) is 0. The molecule has 0 saturated heterocycles. The fraction of sp³-hybridized carbons (Fsp3) is 0.519. The van der Waals surface area contributed by atoms with Crippen LogP contribution in [0.1, 0.15) is 70.1 Å². The summed E-state index contributed by atoms with van der Waals surface area (Å²) in [6.45, 7) is 8.78. The Labute approximate surface area is 213 Å². The molecule has 3 aliphatic carbocycles. The van der Waals surface area contributed by atoms with Gasteiger partial charge >= 0.3 is 0 Å². The molecule has 0 radical (unpaired) electrons. The Kier molecular flexibility index (Phi) is 6.63. The smallest absolute Gasteiger partial charge is 0.209 e. The zero-order chi connectivity index (χ0) is 25.6. The van der Waals surface area contributed by atoms with Crippen molar-refractivity contribution in [3.8, 4) is 17.6 Å². The maximum Gasteiger partial charge on any atom is 0.209 e. The number of hydrogen-bond acceptors (Lipinski definition) is 5. The van der Waals surface area contributed by atoms with Crippen LogP contribution in [0.5, 0.6) is 11.5 Å². The number of halogens is 1. The standard InChI is InChI=1S/C27H33ClN2O4S/c1-6-11-33-24-19(14-29)12-21(13-23(24)28)25(3,4)20-7-9-22(10-8-20)34-18(2)26-15-27(16-26,17-26)30-35(5,31)32/h7-10,12-13,18,30H,6,11,15-17H2,1-5H3/t18-,26?,27?/m1/s1. The number of nitrogens with one attached hydrogen (secondary N) is 1. The number of nitrogens with zero attached hydrogens (tertiary/aromatic N) is 1. The topological polar surface area (TPSA) is 88.4 Å². The third-order valence-electron chi connectivity index (χ3n) is 7.56. The minimum atomic E-state index is -3.20. The van der Waals surface area contributed by atoms with E-state index in [1.54, 1.807) is 0 Å². The fourth-order valence-corrected chi connectivity index (χ4v) is 6.91. The highest BCUT2D eigenvalue weighted by molar-refractivity contribution is 7.88. The van der Waals surface area contributed by atoms with Gasteiger partial charge in [-0.15, -0.1) is 0 Å². The van der Waals surface area contributed by atoms with Crippen LogP contribution in [0.15, 0.2) is 36.4 Å². The Balaban J connectivity index is 1.45. The second-order valence-electron chi connectivity index (χ2n) is 10.8. The van der Waals surface area contributed by atoms with Crippen LogP contribution in [0, 0.1) is 16.7 Å². The Morgan fingerprint density at radius 3 is 2.34 bits per heavy atom. The highest BCUT2D eigenvalue weighted by atomic mass is 35.5. The Bertz CT molecular complexity index is 1250. The SMILES string of the molecule is CCCOc1c(Cl)cc(C(C)(C)c2ccc(O[C@H](C)C34CC(NS(C)(=O)=O)(C3)C4)cc2)cc1C#N. The molecule has 0 aromatic heterocycles. The third kappa shape index (κ3) is 4.89. The second kappa shape index (κ2) is 8.99. The molecule has 35 heavy (non-hydrogen) atoms. The largest absolute Gasteiger partial charge is 0.491 e. The molecule has 0 aliphatic heterocycles. The summed E-state index contributed by atoms with van der Waals surface area (Å²) >= 11 is 6.50. The van der Waals surface area contributed by atoms with Crippen molar-refractivity contribution in [1.29, 1.82) is 5.26 Å². The van der Waals surface area contributed by atoms with Crippen LogP contribution in [-0.4, -0.2) is 32.9 Å². The quantitative estimate of drug-likeness (QED) is 0.446. The first-order chi connectivity index (χ1) is 16.3. The molecule has 6 nitrogen and oxygen atoms in total. The summed E-state index contributed by atoms with van der Waals surface area (Å²) in [6.07, 6.45) is 4.50. The minimum Gasteiger partial charge on any atom is -0.491 e. The molecule has 188 valence electrons. The molecular weight excluding hydrogens is 484 g/mol. The van der Waals surface area contributed by atoms with Gasteiger partial charge in [0.05, 0.1) is 23.4 Å². The number of sulfonamides is 1. The van der Waals surface area contributed by atoms with Crippen LogP contribution >= 0.6 is 11.6 Å². The zero-order valence-corrected chi connectivity index (χ0v) is 22.5. The van der Waals surface area contributed by atoms with Gasteiger partial charge in [-0.3, -0.25) is 0 Å². The van der Waals surface area contributed by atoms with E-state index in [4.69, 9.17) is 21.1 Å². The van der Waals surface area contributed by atoms with Gasteiger partial charge in [0, 0.05) is 16.4 Å². The summed E-state index contributed by atoms with van der Waals surface area (Å²) in [5.41, 5.74) is 1.83. The highest BCUT2D eigenvalue weighted by Crippen LogP contribution is 2.69. The maximum atomic E-state index is 11.6. The van der Waals surface area contributed by atoms with Crippen LogP contribution in [0.4, 0.5) is 0 Å². The lowest BCUT2D eigenvalue weighted by Gasteiger charge is -2.71. The molecule has 0 amide bonds. The van der Waals surface area contributed by atoms with Crippen molar-refractivity contribution in [1.82, 2.24) is 4.72 Å². The molecule has 2 aromatic rings. The van der Waals surface area contributed by atoms with Gasteiger partial charge < -0.3 is 9.47 Å². The van der Waals surface area contributed by atoms with Crippen molar-refractivity contribution >= 4 is 21.6 Å². The van der Waals surface area contributed by atoms with E-state index in [9.17, 15) is 13.7 Å². The van der Waals surface area contributed by atoms with E-state index < -0.39 is 10.0 Å². The molecule has 3 aliphatic rings. The van der Waals surface area contributed by atoms with Gasteiger partial charge in [0.2, 0.25) is 10.0 Å². The zero-order valence-electron chi connectivity index (χ0n) is 20.9. The lowest BCUT2D eigenvalue weighted by atomic mass is 9.38. The van der Waals surface area contributed by atoms with Crippen LogP contribution in [-0.2, 0) is 15.4 Å². The summed E-state index contributed by atoms with van der Waals surface area (Å²) in [5, 5.41) is 10.1. The van der Waals surface area contributed by atoms with Crippen molar-refractivity contribution < 1.29 is 17.9 Å². The third-order valence-corrected chi connectivity index (χ3v) is 8.65. The van der Waals surface area contributed by atoms with Gasteiger partial charge in [0.25, 0.3) is 0 Å². The van der Waals surface area contributed by atoms with Gasteiger partial charge in [-0.25, -0.2) is 13.1 Å². The number of hydrogen-bond donors (Lipinski definition) is 1. The lowest BCUT2D eigenvalue weighted by Crippen LogP contribution is -2.77. The minimum absolute atomic E-state index is 0.00254. The molecule has 1 N–H and O–H groups in total. The fourth-order valence-electron chi connectivity index (χ4n) is 5.63. The van der Waals surface area contributed by atoms with Gasteiger partial charge in [-0.1, -0.05) is 44.5 Å². The van der Waals surface area contributed by atoms with Gasteiger partial charge in [0.15, 0.2) is 5.75 Å². The molecule has 0 spiro atoms. The van der Waals surface area contributed by atoms with Crippen molar-refractivity contribution in [3.05, 3.63) is 58.1 Å². The van der Waals surface area contributed by atoms with Gasteiger partial charge in [-0.05, 0) is 68.0 Å². The molecule has 0 heterocycles. The Hall–Kier alpha value is -2.27. The lowest BCUT2D eigenvalue weighted by molar-refractivity contribution is -0.193. The number of nitriles is 1. The van der Waals surface area contributed by atoms with Gasteiger partial charge in [0.1, 0.15) is 17.9 Å². The number of benzene rings is 2.